The van der Waals surface area contributed by atoms with Gasteiger partial charge in [-0.2, -0.15) is 0 Å². The van der Waals surface area contributed by atoms with Gasteiger partial charge in [-0.3, -0.25) is 4.98 Å². The van der Waals surface area contributed by atoms with E-state index in [9.17, 15) is 0 Å². The summed E-state index contributed by atoms with van der Waals surface area (Å²) < 4.78 is 11.9. The molecule has 1 aromatic carbocycles. The minimum Gasteiger partial charge on any atom is -0.490 e. The maximum atomic E-state index is 6.13. The molecule has 0 unspecified atom stereocenters. The largest absolute Gasteiger partial charge is 0.490 e. The van der Waals surface area contributed by atoms with Gasteiger partial charge in [0.2, 0.25) is 0 Å². The van der Waals surface area contributed by atoms with E-state index in [0.29, 0.717) is 19.8 Å². The zero-order valence-electron chi connectivity index (χ0n) is 15.5. The van der Waals surface area contributed by atoms with Crippen molar-refractivity contribution in [2.75, 3.05) is 26.2 Å². The maximum Gasteiger partial charge on any atom is 0.146 e. The molecule has 0 bridgehead atoms. The van der Waals surface area contributed by atoms with Gasteiger partial charge in [0.15, 0.2) is 0 Å². The smallest absolute Gasteiger partial charge is 0.146 e. The Kier molecular flexibility index (Phi) is 6.05. The molecule has 2 aromatic rings. The maximum absolute atomic E-state index is 6.13. The van der Waals surface area contributed by atoms with Gasteiger partial charge in [-0.1, -0.05) is 44.2 Å². The summed E-state index contributed by atoms with van der Waals surface area (Å²) in [6.45, 7) is 11.4. The Morgan fingerprint density at radius 1 is 1.08 bits per heavy atom. The lowest BCUT2D eigenvalue weighted by molar-refractivity contribution is 0.132. The second-order valence-corrected chi connectivity index (χ2v) is 6.46. The highest BCUT2D eigenvalue weighted by Crippen LogP contribution is 2.34. The Morgan fingerprint density at radius 3 is 2.52 bits per heavy atom. The van der Waals surface area contributed by atoms with Crippen LogP contribution < -0.4 is 4.74 Å². The molecule has 4 nitrogen and oxygen atoms in total. The number of aryl methyl sites for hydroxylation is 1. The first-order chi connectivity index (χ1) is 12.2. The zero-order chi connectivity index (χ0) is 17.6. The van der Waals surface area contributed by atoms with Gasteiger partial charge in [0.1, 0.15) is 12.4 Å². The van der Waals surface area contributed by atoms with Crippen molar-refractivity contribution in [3.8, 4) is 5.75 Å². The fourth-order valence-electron chi connectivity index (χ4n) is 3.37. The summed E-state index contributed by atoms with van der Waals surface area (Å²) in [6.07, 6.45) is 0.840. The minimum absolute atomic E-state index is 0.626. The number of pyridine rings is 1. The van der Waals surface area contributed by atoms with E-state index in [1.165, 1.54) is 16.7 Å². The molecule has 0 fully saturated rings. The topological polar surface area (TPSA) is 34.6 Å². The molecule has 0 saturated carbocycles. The van der Waals surface area contributed by atoms with Crippen molar-refractivity contribution in [1.82, 2.24) is 9.88 Å². The van der Waals surface area contributed by atoms with Crippen molar-refractivity contribution < 1.29 is 9.47 Å². The SMILES string of the molecule is CCN(CC)CCOc1c(C)nc(Cc2ccccc2)c2c1COC2. The summed E-state index contributed by atoms with van der Waals surface area (Å²) in [6, 6.07) is 10.5. The molecule has 3 rings (SSSR count). The van der Waals surface area contributed by atoms with E-state index < -0.39 is 0 Å². The molecule has 1 aliphatic rings. The van der Waals surface area contributed by atoms with Crippen molar-refractivity contribution in [3.63, 3.8) is 0 Å². The molecule has 134 valence electrons. The van der Waals surface area contributed by atoms with Crippen LogP contribution in [0.25, 0.3) is 0 Å². The minimum atomic E-state index is 0.626. The standard InChI is InChI=1S/C21H28N2O2/c1-4-23(5-2)11-12-25-21-16(3)22-20(18-14-24-15-19(18)21)13-17-9-7-6-8-10-17/h6-10H,4-5,11-15H2,1-3H3. The number of benzene rings is 1. The number of nitrogens with zero attached hydrogens (tertiary/aromatic N) is 2. The average molecular weight is 340 g/mol. The third kappa shape index (κ3) is 4.20. The first-order valence-electron chi connectivity index (χ1n) is 9.21. The third-order valence-corrected chi connectivity index (χ3v) is 4.87. The second kappa shape index (κ2) is 8.45. The molecule has 1 aromatic heterocycles. The first-order valence-corrected chi connectivity index (χ1v) is 9.21. The molecule has 2 heterocycles. The third-order valence-electron chi connectivity index (χ3n) is 4.87. The van der Waals surface area contributed by atoms with E-state index >= 15 is 0 Å². The van der Waals surface area contributed by atoms with Gasteiger partial charge in [-0.05, 0) is 25.6 Å². The van der Waals surface area contributed by atoms with Crippen LogP contribution in [0.15, 0.2) is 30.3 Å². The number of fused-ring (bicyclic) bond motifs is 1. The van der Waals surface area contributed by atoms with Crippen molar-refractivity contribution >= 4 is 0 Å². The highest BCUT2D eigenvalue weighted by molar-refractivity contribution is 5.47. The number of likely N-dealkylation sites (N-methyl/N-ethyl adjacent to an activating group) is 1. The molecule has 0 atom stereocenters. The predicted octanol–water partition coefficient (Wildman–Crippen LogP) is 3.73. The molecule has 4 heteroatoms. The zero-order valence-corrected chi connectivity index (χ0v) is 15.5. The fraction of sp³-hybridized carbons (Fsp3) is 0.476. The summed E-state index contributed by atoms with van der Waals surface area (Å²) >= 11 is 0. The molecule has 1 aliphatic heterocycles. The van der Waals surface area contributed by atoms with E-state index in [4.69, 9.17) is 14.5 Å². The summed E-state index contributed by atoms with van der Waals surface area (Å²) in [7, 11) is 0. The van der Waals surface area contributed by atoms with E-state index in [0.717, 1.165) is 43.2 Å². The van der Waals surface area contributed by atoms with Crippen LogP contribution in [0.3, 0.4) is 0 Å². The molecule has 0 amide bonds. The average Bonchev–Trinajstić information content (AvgIpc) is 3.12. The highest BCUT2D eigenvalue weighted by atomic mass is 16.5. The molecule has 0 aliphatic carbocycles. The summed E-state index contributed by atoms with van der Waals surface area (Å²) in [5, 5.41) is 0. The quantitative estimate of drug-likeness (QED) is 0.733. The Hall–Kier alpha value is -1.91. The molecule has 0 radical (unpaired) electrons. The number of ether oxygens (including phenoxy) is 2. The molecule has 0 N–H and O–H groups in total. The van der Waals surface area contributed by atoms with Gasteiger partial charge in [0.25, 0.3) is 0 Å². The van der Waals surface area contributed by atoms with Crippen LogP contribution in [0, 0.1) is 6.92 Å². The van der Waals surface area contributed by atoms with Crippen LogP contribution in [0.2, 0.25) is 0 Å². The van der Waals surface area contributed by atoms with Crippen molar-refractivity contribution in [2.45, 2.75) is 40.4 Å². The van der Waals surface area contributed by atoms with E-state index in [1.54, 1.807) is 0 Å². The van der Waals surface area contributed by atoms with Crippen LogP contribution in [0.5, 0.6) is 5.75 Å². The van der Waals surface area contributed by atoms with Gasteiger partial charge in [0, 0.05) is 24.1 Å². The summed E-state index contributed by atoms with van der Waals surface area (Å²) in [5.41, 5.74) is 5.77. The number of rotatable bonds is 8. The Labute approximate surface area is 150 Å². The van der Waals surface area contributed by atoms with Crippen LogP contribution in [0.4, 0.5) is 0 Å². The van der Waals surface area contributed by atoms with Gasteiger partial charge in [0.05, 0.1) is 24.6 Å². The van der Waals surface area contributed by atoms with Crippen LogP contribution in [-0.4, -0.2) is 36.1 Å². The predicted molar refractivity (Wildman–Crippen MR) is 100.0 cm³/mol. The molecule has 0 spiro atoms. The van der Waals surface area contributed by atoms with Gasteiger partial charge in [-0.25, -0.2) is 0 Å². The summed E-state index contributed by atoms with van der Waals surface area (Å²) in [5.74, 6) is 0.927. The number of hydrogen-bond acceptors (Lipinski definition) is 4. The Morgan fingerprint density at radius 2 is 1.80 bits per heavy atom. The van der Waals surface area contributed by atoms with Gasteiger partial charge in [-0.15, -0.1) is 0 Å². The summed E-state index contributed by atoms with van der Waals surface area (Å²) in [4.78, 5) is 7.22. The normalized spacial score (nSPS) is 13.3. The van der Waals surface area contributed by atoms with Crippen LogP contribution in [-0.2, 0) is 24.4 Å². The lowest BCUT2D eigenvalue weighted by Gasteiger charge is -2.20. The number of hydrogen-bond donors (Lipinski definition) is 0. The second-order valence-electron chi connectivity index (χ2n) is 6.46. The van der Waals surface area contributed by atoms with Crippen LogP contribution in [0.1, 0.15) is 41.9 Å². The molecule has 0 saturated heterocycles. The first kappa shape index (κ1) is 17.9. The van der Waals surface area contributed by atoms with Gasteiger partial charge < -0.3 is 14.4 Å². The van der Waals surface area contributed by atoms with Crippen molar-refractivity contribution in [1.29, 1.82) is 0 Å². The Balaban J connectivity index is 1.78. The van der Waals surface area contributed by atoms with E-state index in [-0.39, 0.29) is 0 Å². The lowest BCUT2D eigenvalue weighted by Crippen LogP contribution is -2.28. The number of aromatic nitrogens is 1. The Bertz CT molecular complexity index is 697. The highest BCUT2D eigenvalue weighted by Gasteiger charge is 2.23. The molecule has 25 heavy (non-hydrogen) atoms. The van der Waals surface area contributed by atoms with Crippen LogP contribution >= 0.6 is 0 Å². The van der Waals surface area contributed by atoms with E-state index in [2.05, 4.69) is 43.0 Å². The van der Waals surface area contributed by atoms with Crippen molar-refractivity contribution in [3.05, 3.63) is 58.4 Å². The molecular formula is C21H28N2O2. The van der Waals surface area contributed by atoms with Crippen molar-refractivity contribution in [2.24, 2.45) is 0 Å². The lowest BCUT2D eigenvalue weighted by atomic mass is 10.0. The van der Waals surface area contributed by atoms with Gasteiger partial charge >= 0.3 is 0 Å². The fourth-order valence-corrected chi connectivity index (χ4v) is 3.37. The monoisotopic (exact) mass is 340 g/mol. The molecular weight excluding hydrogens is 312 g/mol. The van der Waals surface area contributed by atoms with E-state index in [1.807, 2.05) is 13.0 Å².